The van der Waals surface area contributed by atoms with Gasteiger partial charge in [0.2, 0.25) is 0 Å². The van der Waals surface area contributed by atoms with Gasteiger partial charge in [0.1, 0.15) is 22.2 Å². The smallest absolute Gasteiger partial charge is 0.136 e. The van der Waals surface area contributed by atoms with E-state index in [0.717, 1.165) is 27.4 Å². The van der Waals surface area contributed by atoms with Gasteiger partial charge >= 0.3 is 0 Å². The molecule has 3 aromatic rings. The number of nitrogens with zero attached hydrogens (tertiary/aromatic N) is 2. The average molecular weight is 271 g/mol. The number of nitrogen functional groups attached to an aromatic ring is 1. The van der Waals surface area contributed by atoms with Crippen LogP contribution in [0.2, 0.25) is 0 Å². The normalized spacial score (nSPS) is 10.8. The molecule has 4 nitrogen and oxygen atoms in total. The van der Waals surface area contributed by atoms with Crippen LogP contribution in [0.3, 0.4) is 0 Å². The Morgan fingerprint density at radius 1 is 1.16 bits per heavy atom. The number of benzene rings is 1. The molecule has 0 saturated carbocycles. The summed E-state index contributed by atoms with van der Waals surface area (Å²) in [4.78, 5) is 9.82. The third-order valence-electron chi connectivity index (χ3n) is 2.92. The second kappa shape index (κ2) is 4.85. The van der Waals surface area contributed by atoms with Gasteiger partial charge in [0.25, 0.3) is 0 Å². The van der Waals surface area contributed by atoms with Crippen molar-refractivity contribution in [1.82, 2.24) is 9.97 Å². The zero-order valence-electron chi connectivity index (χ0n) is 10.5. The molecule has 2 heterocycles. The van der Waals surface area contributed by atoms with Crippen LogP contribution < -0.4 is 10.5 Å². The molecule has 96 valence electrons. The minimum atomic E-state index is 0.551. The van der Waals surface area contributed by atoms with E-state index in [9.17, 15) is 0 Å². The maximum Gasteiger partial charge on any atom is 0.136 e. The van der Waals surface area contributed by atoms with Gasteiger partial charge in [0.05, 0.1) is 12.5 Å². The molecular formula is C14H13N3OS. The summed E-state index contributed by atoms with van der Waals surface area (Å²) in [5, 5.41) is 2.91. The summed E-state index contributed by atoms with van der Waals surface area (Å²) < 4.78 is 5.14. The average Bonchev–Trinajstić information content (AvgIpc) is 2.88. The van der Waals surface area contributed by atoms with Crippen molar-refractivity contribution < 1.29 is 4.74 Å². The summed E-state index contributed by atoms with van der Waals surface area (Å²) in [7, 11) is 1.66. The Kier molecular flexibility index (Phi) is 3.05. The van der Waals surface area contributed by atoms with Gasteiger partial charge in [-0.15, -0.1) is 11.3 Å². The van der Waals surface area contributed by atoms with Crippen molar-refractivity contribution in [3.05, 3.63) is 47.1 Å². The minimum absolute atomic E-state index is 0.551. The molecule has 1 aromatic carbocycles. The zero-order chi connectivity index (χ0) is 13.2. The van der Waals surface area contributed by atoms with E-state index in [4.69, 9.17) is 10.5 Å². The van der Waals surface area contributed by atoms with E-state index in [1.165, 1.54) is 0 Å². The van der Waals surface area contributed by atoms with Crippen LogP contribution in [0.5, 0.6) is 5.75 Å². The van der Waals surface area contributed by atoms with Crippen molar-refractivity contribution in [1.29, 1.82) is 0 Å². The molecule has 0 spiro atoms. The number of methoxy groups -OCH3 is 1. The van der Waals surface area contributed by atoms with E-state index in [0.29, 0.717) is 12.2 Å². The Morgan fingerprint density at radius 3 is 2.68 bits per heavy atom. The molecule has 0 radical (unpaired) electrons. The molecule has 0 saturated heterocycles. The summed E-state index contributed by atoms with van der Waals surface area (Å²) in [6.07, 6.45) is 0.669. The molecule has 0 unspecified atom stereocenters. The van der Waals surface area contributed by atoms with Crippen molar-refractivity contribution in [2.75, 3.05) is 12.8 Å². The lowest BCUT2D eigenvalue weighted by Gasteiger charge is -2.04. The van der Waals surface area contributed by atoms with Crippen LogP contribution in [0.4, 0.5) is 5.82 Å². The SMILES string of the molecule is COc1ccc(Cc2nc(N)c3ccsc3n2)cc1. The zero-order valence-corrected chi connectivity index (χ0v) is 11.3. The standard InChI is InChI=1S/C14H13N3OS/c1-18-10-4-2-9(3-5-10)8-12-16-13(15)11-6-7-19-14(11)17-12/h2-7H,8H2,1H3,(H2,15,16,17). The van der Waals surface area contributed by atoms with E-state index < -0.39 is 0 Å². The second-order valence-corrected chi connectivity index (χ2v) is 5.08. The molecule has 19 heavy (non-hydrogen) atoms. The lowest BCUT2D eigenvalue weighted by molar-refractivity contribution is 0.414. The van der Waals surface area contributed by atoms with Crippen LogP contribution in [0.25, 0.3) is 10.2 Å². The van der Waals surface area contributed by atoms with Crippen LogP contribution >= 0.6 is 11.3 Å². The molecule has 2 aromatic heterocycles. The summed E-state index contributed by atoms with van der Waals surface area (Å²) >= 11 is 1.58. The molecule has 0 fully saturated rings. The van der Waals surface area contributed by atoms with Gasteiger partial charge < -0.3 is 10.5 Å². The highest BCUT2D eigenvalue weighted by atomic mass is 32.1. The van der Waals surface area contributed by atoms with Gasteiger partial charge in [0.15, 0.2) is 0 Å². The van der Waals surface area contributed by atoms with Crippen LogP contribution in [0.1, 0.15) is 11.4 Å². The lowest BCUT2D eigenvalue weighted by atomic mass is 10.1. The number of aromatic nitrogens is 2. The number of nitrogens with two attached hydrogens (primary N) is 1. The van der Waals surface area contributed by atoms with Crippen molar-refractivity contribution in [2.24, 2.45) is 0 Å². The number of rotatable bonds is 3. The van der Waals surface area contributed by atoms with E-state index in [1.807, 2.05) is 35.7 Å². The molecule has 2 N–H and O–H groups in total. The predicted molar refractivity (Wildman–Crippen MR) is 77.6 cm³/mol. The monoisotopic (exact) mass is 271 g/mol. The molecule has 0 aliphatic rings. The third kappa shape index (κ3) is 2.37. The molecule has 0 atom stereocenters. The summed E-state index contributed by atoms with van der Waals surface area (Å²) in [6, 6.07) is 9.84. The largest absolute Gasteiger partial charge is 0.497 e. The van der Waals surface area contributed by atoms with Crippen molar-refractivity contribution in [3.63, 3.8) is 0 Å². The summed E-state index contributed by atoms with van der Waals surface area (Å²) in [5.41, 5.74) is 7.07. The van der Waals surface area contributed by atoms with Gasteiger partial charge in [-0.05, 0) is 29.1 Å². The number of hydrogen-bond acceptors (Lipinski definition) is 5. The number of thiophene rings is 1. The third-order valence-corrected chi connectivity index (χ3v) is 3.73. The Balaban J connectivity index is 1.91. The van der Waals surface area contributed by atoms with Gasteiger partial charge in [-0.2, -0.15) is 0 Å². The minimum Gasteiger partial charge on any atom is -0.497 e. The molecule has 0 aliphatic heterocycles. The highest BCUT2D eigenvalue weighted by molar-refractivity contribution is 7.16. The number of hydrogen-bond donors (Lipinski definition) is 1. The molecule has 0 amide bonds. The van der Waals surface area contributed by atoms with E-state index in [-0.39, 0.29) is 0 Å². The highest BCUT2D eigenvalue weighted by Crippen LogP contribution is 2.23. The fraction of sp³-hybridized carbons (Fsp3) is 0.143. The first-order valence-electron chi connectivity index (χ1n) is 5.89. The first-order chi connectivity index (χ1) is 9.26. The Morgan fingerprint density at radius 2 is 1.95 bits per heavy atom. The van der Waals surface area contributed by atoms with Crippen LogP contribution in [0, 0.1) is 0 Å². The van der Waals surface area contributed by atoms with E-state index in [2.05, 4.69) is 9.97 Å². The topological polar surface area (TPSA) is 61.0 Å². The Labute approximate surface area is 114 Å². The first kappa shape index (κ1) is 11.9. The summed E-state index contributed by atoms with van der Waals surface area (Å²) in [5.74, 6) is 2.14. The maximum absolute atomic E-state index is 5.94. The van der Waals surface area contributed by atoms with Gasteiger partial charge in [-0.25, -0.2) is 9.97 Å². The van der Waals surface area contributed by atoms with E-state index in [1.54, 1.807) is 18.4 Å². The number of fused-ring (bicyclic) bond motifs is 1. The summed E-state index contributed by atoms with van der Waals surface area (Å²) in [6.45, 7) is 0. The van der Waals surface area contributed by atoms with Gasteiger partial charge in [-0.3, -0.25) is 0 Å². The van der Waals surface area contributed by atoms with Crippen molar-refractivity contribution >= 4 is 27.4 Å². The van der Waals surface area contributed by atoms with Gasteiger partial charge in [0, 0.05) is 6.42 Å². The fourth-order valence-electron chi connectivity index (χ4n) is 1.93. The quantitative estimate of drug-likeness (QED) is 0.795. The molecule has 0 aliphatic carbocycles. The van der Waals surface area contributed by atoms with Crippen molar-refractivity contribution in [2.45, 2.75) is 6.42 Å². The second-order valence-electron chi connectivity index (χ2n) is 4.19. The molecule has 5 heteroatoms. The lowest BCUT2D eigenvalue weighted by Crippen LogP contribution is -2.00. The van der Waals surface area contributed by atoms with Gasteiger partial charge in [-0.1, -0.05) is 12.1 Å². The highest BCUT2D eigenvalue weighted by Gasteiger charge is 2.07. The van der Waals surface area contributed by atoms with Crippen LogP contribution in [-0.2, 0) is 6.42 Å². The molecule has 0 bridgehead atoms. The van der Waals surface area contributed by atoms with Crippen LogP contribution in [0.15, 0.2) is 35.7 Å². The van der Waals surface area contributed by atoms with E-state index >= 15 is 0 Å². The predicted octanol–water partition coefficient (Wildman–Crippen LogP) is 2.87. The molecular weight excluding hydrogens is 258 g/mol. The maximum atomic E-state index is 5.94. The Hall–Kier alpha value is -2.14. The Bertz CT molecular complexity index is 706. The van der Waals surface area contributed by atoms with Crippen LogP contribution in [-0.4, -0.2) is 17.1 Å². The first-order valence-corrected chi connectivity index (χ1v) is 6.77. The van der Waals surface area contributed by atoms with Crippen molar-refractivity contribution in [3.8, 4) is 5.75 Å². The number of ether oxygens (including phenoxy) is 1. The number of anilines is 1. The molecule has 3 rings (SSSR count). The fourth-order valence-corrected chi connectivity index (χ4v) is 2.72.